The molecule has 0 N–H and O–H groups in total. The van der Waals surface area contributed by atoms with Crippen LogP contribution >= 0.6 is 27.5 Å². The van der Waals surface area contributed by atoms with E-state index in [1.54, 1.807) is 4.90 Å². The van der Waals surface area contributed by atoms with E-state index in [0.29, 0.717) is 10.6 Å². The predicted octanol–water partition coefficient (Wildman–Crippen LogP) is 6.88. The quantitative estimate of drug-likeness (QED) is 0.398. The standard InChI is InChI=1S/C24H17BrClNO/c1-16-13-20(25)9-12-22(16)27-23(18-5-3-2-4-6-18)15-19(24(27)28)14-17-7-10-21(26)11-8-17/h2-15H,1H3/b19-14+. The monoisotopic (exact) mass is 449 g/mol. The highest BCUT2D eigenvalue weighted by molar-refractivity contribution is 9.10. The first-order chi connectivity index (χ1) is 13.5. The van der Waals surface area contributed by atoms with Crippen molar-refractivity contribution in [3.63, 3.8) is 0 Å². The second-order valence-corrected chi connectivity index (χ2v) is 7.97. The van der Waals surface area contributed by atoms with E-state index >= 15 is 0 Å². The summed E-state index contributed by atoms with van der Waals surface area (Å²) in [5, 5.41) is 0.674. The van der Waals surface area contributed by atoms with Crippen LogP contribution in [0.1, 0.15) is 16.7 Å². The lowest BCUT2D eigenvalue weighted by atomic mass is 10.1. The number of hydrogen-bond donors (Lipinski definition) is 0. The van der Waals surface area contributed by atoms with E-state index < -0.39 is 0 Å². The lowest BCUT2D eigenvalue weighted by Gasteiger charge is -2.23. The minimum absolute atomic E-state index is 0.0424. The van der Waals surface area contributed by atoms with Crippen LogP contribution in [0.15, 0.2) is 88.9 Å². The minimum atomic E-state index is -0.0424. The largest absolute Gasteiger partial charge is 0.276 e. The zero-order chi connectivity index (χ0) is 19.7. The summed E-state index contributed by atoms with van der Waals surface area (Å²) in [5.41, 5.74) is 5.35. The Kier molecular flexibility index (Phi) is 5.21. The minimum Gasteiger partial charge on any atom is -0.276 e. The van der Waals surface area contributed by atoms with Crippen molar-refractivity contribution in [2.75, 3.05) is 4.90 Å². The Hall–Kier alpha value is -2.62. The number of rotatable bonds is 3. The third-order valence-corrected chi connectivity index (χ3v) is 5.39. The Bertz CT molecular complexity index is 1100. The van der Waals surface area contributed by atoms with Gasteiger partial charge in [0.05, 0.1) is 11.4 Å². The molecule has 0 atom stereocenters. The molecule has 138 valence electrons. The predicted molar refractivity (Wildman–Crippen MR) is 120 cm³/mol. The molecule has 0 spiro atoms. The van der Waals surface area contributed by atoms with E-state index in [2.05, 4.69) is 15.9 Å². The van der Waals surface area contributed by atoms with Gasteiger partial charge in [0.15, 0.2) is 0 Å². The Morgan fingerprint density at radius 2 is 1.68 bits per heavy atom. The number of halogens is 2. The third-order valence-electron chi connectivity index (χ3n) is 4.64. The third kappa shape index (κ3) is 3.68. The highest BCUT2D eigenvalue weighted by atomic mass is 79.9. The number of benzene rings is 3. The number of hydrogen-bond acceptors (Lipinski definition) is 1. The molecule has 0 radical (unpaired) electrons. The van der Waals surface area contributed by atoms with Crippen LogP contribution in [-0.2, 0) is 4.79 Å². The van der Waals surface area contributed by atoms with Gasteiger partial charge in [0.2, 0.25) is 0 Å². The maximum atomic E-state index is 13.4. The van der Waals surface area contributed by atoms with Crippen molar-refractivity contribution in [2.45, 2.75) is 6.92 Å². The molecule has 0 aliphatic carbocycles. The SMILES string of the molecule is Cc1cc(Br)ccc1N1C(=O)/C(=C/c2ccc(Cl)cc2)C=C1c1ccccc1. The van der Waals surface area contributed by atoms with E-state index in [-0.39, 0.29) is 5.91 Å². The molecular weight excluding hydrogens is 434 g/mol. The highest BCUT2D eigenvalue weighted by Crippen LogP contribution is 2.37. The van der Waals surface area contributed by atoms with Gasteiger partial charge in [0.1, 0.15) is 0 Å². The Labute approximate surface area is 177 Å². The molecule has 1 heterocycles. The lowest BCUT2D eigenvalue weighted by Crippen LogP contribution is -2.25. The zero-order valence-corrected chi connectivity index (χ0v) is 17.5. The van der Waals surface area contributed by atoms with Crippen LogP contribution in [0, 0.1) is 6.92 Å². The number of carbonyl (C=O) groups is 1. The molecule has 0 unspecified atom stereocenters. The molecule has 0 bridgehead atoms. The molecule has 3 aromatic carbocycles. The van der Waals surface area contributed by atoms with E-state index in [4.69, 9.17) is 11.6 Å². The molecular formula is C24H17BrClNO. The first-order valence-corrected chi connectivity index (χ1v) is 10.0. The molecule has 4 heteroatoms. The van der Waals surface area contributed by atoms with Crippen molar-refractivity contribution >= 4 is 50.9 Å². The average molecular weight is 451 g/mol. The summed E-state index contributed by atoms with van der Waals surface area (Å²) in [7, 11) is 0. The normalized spacial score (nSPS) is 15.2. The van der Waals surface area contributed by atoms with Crippen LogP contribution in [0.4, 0.5) is 5.69 Å². The second kappa shape index (κ2) is 7.78. The Morgan fingerprint density at radius 1 is 0.964 bits per heavy atom. The summed E-state index contributed by atoms with van der Waals surface area (Å²) in [6.07, 6.45) is 3.85. The Balaban J connectivity index is 1.84. The molecule has 28 heavy (non-hydrogen) atoms. The van der Waals surface area contributed by atoms with Gasteiger partial charge in [0, 0.05) is 15.1 Å². The molecule has 0 saturated heterocycles. The second-order valence-electron chi connectivity index (χ2n) is 6.62. The van der Waals surface area contributed by atoms with Gasteiger partial charge in [-0.1, -0.05) is 70.0 Å². The van der Waals surface area contributed by atoms with E-state index in [9.17, 15) is 4.79 Å². The van der Waals surface area contributed by atoms with Gasteiger partial charge in [-0.15, -0.1) is 0 Å². The number of amides is 1. The fourth-order valence-corrected chi connectivity index (χ4v) is 3.89. The Morgan fingerprint density at radius 3 is 2.36 bits per heavy atom. The van der Waals surface area contributed by atoms with E-state index in [0.717, 1.165) is 32.5 Å². The van der Waals surface area contributed by atoms with Crippen LogP contribution in [0.2, 0.25) is 5.02 Å². The summed E-state index contributed by atoms with van der Waals surface area (Å²) in [6, 6.07) is 23.4. The maximum Gasteiger partial charge on any atom is 0.262 e. The summed E-state index contributed by atoms with van der Waals surface area (Å²) < 4.78 is 0.988. The number of carbonyl (C=O) groups excluding carboxylic acids is 1. The van der Waals surface area contributed by atoms with Crippen molar-refractivity contribution in [2.24, 2.45) is 0 Å². The number of aryl methyl sites for hydroxylation is 1. The summed E-state index contributed by atoms with van der Waals surface area (Å²) in [5.74, 6) is -0.0424. The molecule has 0 aromatic heterocycles. The van der Waals surface area contributed by atoms with Crippen molar-refractivity contribution in [3.05, 3.63) is 111 Å². The molecule has 0 saturated carbocycles. The maximum absolute atomic E-state index is 13.4. The van der Waals surface area contributed by atoms with E-state index in [1.165, 1.54) is 0 Å². The van der Waals surface area contributed by atoms with Crippen LogP contribution < -0.4 is 4.90 Å². The summed E-state index contributed by atoms with van der Waals surface area (Å²) >= 11 is 9.48. The van der Waals surface area contributed by atoms with Crippen LogP contribution in [0.3, 0.4) is 0 Å². The van der Waals surface area contributed by atoms with Gasteiger partial charge in [-0.3, -0.25) is 9.69 Å². The van der Waals surface area contributed by atoms with Crippen molar-refractivity contribution in [1.29, 1.82) is 0 Å². The fourth-order valence-electron chi connectivity index (χ4n) is 3.28. The smallest absolute Gasteiger partial charge is 0.262 e. The molecule has 0 fully saturated rings. The molecule has 4 rings (SSSR count). The molecule has 1 aliphatic heterocycles. The van der Waals surface area contributed by atoms with Gasteiger partial charge < -0.3 is 0 Å². The van der Waals surface area contributed by atoms with Gasteiger partial charge in [-0.25, -0.2) is 0 Å². The van der Waals surface area contributed by atoms with Crippen LogP contribution in [0.5, 0.6) is 0 Å². The lowest BCUT2D eigenvalue weighted by molar-refractivity contribution is -0.113. The first-order valence-electron chi connectivity index (χ1n) is 8.88. The van der Waals surface area contributed by atoms with Gasteiger partial charge in [-0.05, 0) is 66.1 Å². The zero-order valence-electron chi connectivity index (χ0n) is 15.2. The number of anilines is 1. The van der Waals surface area contributed by atoms with Crippen molar-refractivity contribution in [1.82, 2.24) is 0 Å². The topological polar surface area (TPSA) is 20.3 Å². The highest BCUT2D eigenvalue weighted by Gasteiger charge is 2.31. The van der Waals surface area contributed by atoms with Crippen LogP contribution in [-0.4, -0.2) is 5.91 Å². The summed E-state index contributed by atoms with van der Waals surface area (Å²) in [6.45, 7) is 2.01. The van der Waals surface area contributed by atoms with Crippen molar-refractivity contribution in [3.8, 4) is 0 Å². The van der Waals surface area contributed by atoms with Crippen LogP contribution in [0.25, 0.3) is 11.8 Å². The molecule has 2 nitrogen and oxygen atoms in total. The van der Waals surface area contributed by atoms with Gasteiger partial charge >= 0.3 is 0 Å². The van der Waals surface area contributed by atoms with Gasteiger partial charge in [-0.2, -0.15) is 0 Å². The average Bonchev–Trinajstić information content (AvgIpc) is 3.01. The number of nitrogens with zero attached hydrogens (tertiary/aromatic N) is 1. The molecule has 1 aliphatic rings. The van der Waals surface area contributed by atoms with Gasteiger partial charge in [0.25, 0.3) is 5.91 Å². The molecule has 1 amide bonds. The van der Waals surface area contributed by atoms with E-state index in [1.807, 2.05) is 91.9 Å². The fraction of sp³-hybridized carbons (Fsp3) is 0.0417. The summed E-state index contributed by atoms with van der Waals surface area (Å²) in [4.78, 5) is 15.2. The van der Waals surface area contributed by atoms with Crippen molar-refractivity contribution < 1.29 is 4.79 Å². The first kappa shape index (κ1) is 18.7. The molecule has 3 aromatic rings.